The Labute approximate surface area is 132 Å². The molecule has 0 radical (unpaired) electrons. The monoisotopic (exact) mass is 321 g/mol. The molecule has 0 amide bonds. The van der Waals surface area contributed by atoms with Gasteiger partial charge in [-0.3, -0.25) is 4.98 Å². The minimum atomic E-state index is -0.823. The summed E-state index contributed by atoms with van der Waals surface area (Å²) >= 11 is 5.85. The lowest BCUT2D eigenvalue weighted by molar-refractivity contribution is 0.508. The first-order valence-electron chi connectivity index (χ1n) is 6.99. The maximum atomic E-state index is 13.2. The van der Waals surface area contributed by atoms with Gasteiger partial charge in [-0.2, -0.15) is 0 Å². The number of piperidine rings is 1. The van der Waals surface area contributed by atoms with Crippen LogP contribution < -0.4 is 4.90 Å². The lowest BCUT2D eigenvalue weighted by Gasteiger charge is -2.29. The number of aromatic nitrogens is 2. The van der Waals surface area contributed by atoms with E-state index in [1.807, 2.05) is 6.08 Å². The molecular formula is C16H14ClF2N3. The molecule has 3 nitrogen and oxygen atoms in total. The number of nitrogens with zero attached hydrogens (tertiary/aromatic N) is 3. The van der Waals surface area contributed by atoms with E-state index in [1.165, 1.54) is 17.8 Å². The number of anilines is 1. The van der Waals surface area contributed by atoms with Gasteiger partial charge >= 0.3 is 0 Å². The van der Waals surface area contributed by atoms with Crippen molar-refractivity contribution >= 4 is 23.5 Å². The zero-order valence-electron chi connectivity index (χ0n) is 11.8. The molecular weight excluding hydrogens is 308 g/mol. The molecule has 1 aliphatic heterocycles. The second-order valence-electron chi connectivity index (χ2n) is 5.16. The summed E-state index contributed by atoms with van der Waals surface area (Å²) in [6.45, 7) is 1.59. The SMILES string of the molecule is Fc1ccc(C=C2CCN(c3cncc(Cl)n3)CC2)cc1F. The first kappa shape index (κ1) is 14.9. The van der Waals surface area contributed by atoms with Crippen molar-refractivity contribution < 1.29 is 8.78 Å². The van der Waals surface area contributed by atoms with Crippen LogP contribution >= 0.6 is 11.6 Å². The van der Waals surface area contributed by atoms with E-state index in [1.54, 1.807) is 12.3 Å². The average molecular weight is 322 g/mol. The van der Waals surface area contributed by atoms with E-state index in [9.17, 15) is 8.78 Å². The van der Waals surface area contributed by atoms with Crippen LogP contribution in [0.15, 0.2) is 36.2 Å². The summed E-state index contributed by atoms with van der Waals surface area (Å²) < 4.78 is 26.1. The van der Waals surface area contributed by atoms with Gasteiger partial charge in [-0.25, -0.2) is 13.8 Å². The van der Waals surface area contributed by atoms with Gasteiger partial charge in [0.1, 0.15) is 11.0 Å². The molecule has 0 aliphatic carbocycles. The Bertz CT molecular complexity index is 708. The molecule has 1 aliphatic rings. The molecule has 1 saturated heterocycles. The van der Waals surface area contributed by atoms with E-state index in [4.69, 9.17) is 11.6 Å². The van der Waals surface area contributed by atoms with E-state index in [-0.39, 0.29) is 0 Å². The highest BCUT2D eigenvalue weighted by atomic mass is 35.5. The fourth-order valence-corrected chi connectivity index (χ4v) is 2.63. The lowest BCUT2D eigenvalue weighted by atomic mass is 10.0. The maximum Gasteiger partial charge on any atom is 0.159 e. The highest BCUT2D eigenvalue weighted by molar-refractivity contribution is 6.29. The third-order valence-electron chi connectivity index (χ3n) is 3.64. The summed E-state index contributed by atoms with van der Waals surface area (Å²) in [6, 6.07) is 3.95. The van der Waals surface area contributed by atoms with Gasteiger partial charge in [0.05, 0.1) is 12.4 Å². The Morgan fingerprint density at radius 1 is 1.09 bits per heavy atom. The summed E-state index contributed by atoms with van der Waals surface area (Å²) in [6.07, 6.45) is 6.79. The summed E-state index contributed by atoms with van der Waals surface area (Å²) in [5.74, 6) is -0.878. The minimum absolute atomic E-state index is 0.376. The molecule has 0 spiro atoms. The molecule has 2 aromatic rings. The maximum absolute atomic E-state index is 13.2. The van der Waals surface area contributed by atoms with Crippen molar-refractivity contribution in [2.24, 2.45) is 0 Å². The van der Waals surface area contributed by atoms with E-state index >= 15 is 0 Å². The smallest absolute Gasteiger partial charge is 0.159 e. The Kier molecular flexibility index (Phi) is 4.34. The van der Waals surface area contributed by atoms with Crippen molar-refractivity contribution in [3.63, 3.8) is 0 Å². The van der Waals surface area contributed by atoms with E-state index < -0.39 is 11.6 Å². The van der Waals surface area contributed by atoms with Crippen LogP contribution in [-0.2, 0) is 0 Å². The fraction of sp³-hybridized carbons (Fsp3) is 0.250. The second kappa shape index (κ2) is 6.40. The van der Waals surface area contributed by atoms with Gasteiger partial charge in [0, 0.05) is 13.1 Å². The van der Waals surface area contributed by atoms with Crippen molar-refractivity contribution in [2.75, 3.05) is 18.0 Å². The Morgan fingerprint density at radius 2 is 1.86 bits per heavy atom. The van der Waals surface area contributed by atoms with Crippen molar-refractivity contribution in [3.8, 4) is 0 Å². The van der Waals surface area contributed by atoms with Gasteiger partial charge in [0.2, 0.25) is 0 Å². The highest BCUT2D eigenvalue weighted by Crippen LogP contribution is 2.24. The van der Waals surface area contributed by atoms with Crippen LogP contribution in [0.1, 0.15) is 18.4 Å². The first-order chi connectivity index (χ1) is 10.6. The number of hydrogen-bond donors (Lipinski definition) is 0. The third-order valence-corrected chi connectivity index (χ3v) is 3.82. The van der Waals surface area contributed by atoms with E-state index in [0.29, 0.717) is 10.7 Å². The quantitative estimate of drug-likeness (QED) is 0.834. The zero-order valence-corrected chi connectivity index (χ0v) is 12.5. The Hall–Kier alpha value is -2.01. The van der Waals surface area contributed by atoms with Gasteiger partial charge in [0.25, 0.3) is 0 Å². The molecule has 0 unspecified atom stereocenters. The molecule has 0 saturated carbocycles. The molecule has 1 aromatic heterocycles. The molecule has 3 rings (SSSR count). The third kappa shape index (κ3) is 3.42. The standard InChI is InChI=1S/C16H14ClF2N3/c17-15-9-20-10-16(21-15)22-5-3-11(4-6-22)7-12-1-2-13(18)14(19)8-12/h1-2,7-10H,3-6H2. The van der Waals surface area contributed by atoms with E-state index in [2.05, 4.69) is 14.9 Å². The second-order valence-corrected chi connectivity index (χ2v) is 5.55. The molecule has 0 atom stereocenters. The topological polar surface area (TPSA) is 29.0 Å². The van der Waals surface area contributed by atoms with E-state index in [0.717, 1.165) is 37.8 Å². The Balaban J connectivity index is 1.68. The van der Waals surface area contributed by atoms with Crippen LogP contribution in [0.2, 0.25) is 5.15 Å². The van der Waals surface area contributed by atoms with Crippen LogP contribution in [0.4, 0.5) is 14.6 Å². The molecule has 1 aromatic carbocycles. The van der Waals surface area contributed by atoms with Crippen molar-refractivity contribution in [3.05, 3.63) is 58.5 Å². The zero-order chi connectivity index (χ0) is 15.5. The van der Waals surface area contributed by atoms with Gasteiger partial charge in [0.15, 0.2) is 11.6 Å². The van der Waals surface area contributed by atoms with Crippen LogP contribution in [0.3, 0.4) is 0 Å². The molecule has 114 valence electrons. The van der Waals surface area contributed by atoms with Crippen LogP contribution in [0.5, 0.6) is 0 Å². The summed E-state index contributed by atoms with van der Waals surface area (Å²) in [7, 11) is 0. The minimum Gasteiger partial charge on any atom is -0.355 e. The first-order valence-corrected chi connectivity index (χ1v) is 7.36. The molecule has 2 heterocycles. The van der Waals surface area contributed by atoms with Crippen molar-refractivity contribution in [1.82, 2.24) is 9.97 Å². The number of benzene rings is 1. The molecule has 22 heavy (non-hydrogen) atoms. The molecule has 0 N–H and O–H groups in total. The van der Waals surface area contributed by atoms with Gasteiger partial charge in [-0.15, -0.1) is 0 Å². The predicted molar refractivity (Wildman–Crippen MR) is 82.8 cm³/mol. The largest absolute Gasteiger partial charge is 0.355 e. The summed E-state index contributed by atoms with van der Waals surface area (Å²) in [5.41, 5.74) is 1.89. The fourth-order valence-electron chi connectivity index (χ4n) is 2.49. The van der Waals surface area contributed by atoms with Crippen molar-refractivity contribution in [1.29, 1.82) is 0 Å². The van der Waals surface area contributed by atoms with Crippen LogP contribution in [0, 0.1) is 11.6 Å². The number of rotatable bonds is 2. The highest BCUT2D eigenvalue weighted by Gasteiger charge is 2.16. The molecule has 6 heteroatoms. The lowest BCUT2D eigenvalue weighted by Crippen LogP contribution is -2.31. The Morgan fingerprint density at radius 3 is 2.55 bits per heavy atom. The van der Waals surface area contributed by atoms with Crippen LogP contribution in [-0.4, -0.2) is 23.1 Å². The average Bonchev–Trinajstić information content (AvgIpc) is 2.52. The van der Waals surface area contributed by atoms with Crippen molar-refractivity contribution in [2.45, 2.75) is 12.8 Å². The summed E-state index contributed by atoms with van der Waals surface area (Å²) in [5, 5.41) is 0.376. The number of hydrogen-bond acceptors (Lipinski definition) is 3. The normalized spacial score (nSPS) is 15.0. The summed E-state index contributed by atoms with van der Waals surface area (Å²) in [4.78, 5) is 10.4. The van der Waals surface area contributed by atoms with Crippen LogP contribution in [0.25, 0.3) is 6.08 Å². The predicted octanol–water partition coefficient (Wildman–Crippen LogP) is 4.09. The molecule has 1 fully saturated rings. The van der Waals surface area contributed by atoms with Gasteiger partial charge in [-0.1, -0.05) is 29.3 Å². The van der Waals surface area contributed by atoms with Gasteiger partial charge < -0.3 is 4.90 Å². The number of halogens is 3. The molecule has 0 bridgehead atoms. The van der Waals surface area contributed by atoms with Gasteiger partial charge in [-0.05, 0) is 30.5 Å².